The fourth-order valence-electron chi connectivity index (χ4n) is 2.41. The highest BCUT2D eigenvalue weighted by Gasteiger charge is 2.20. The summed E-state index contributed by atoms with van der Waals surface area (Å²) >= 11 is 5.85. The number of hydrogen-bond acceptors (Lipinski definition) is 3. The van der Waals surface area contributed by atoms with E-state index in [-0.39, 0.29) is 0 Å². The zero-order valence-corrected chi connectivity index (χ0v) is 10.7. The summed E-state index contributed by atoms with van der Waals surface area (Å²) in [5.41, 5.74) is 1.09. The molecule has 1 fully saturated rings. The first-order chi connectivity index (χ1) is 7.68. The van der Waals surface area contributed by atoms with Crippen molar-refractivity contribution in [3.63, 3.8) is 0 Å². The Bertz CT molecular complexity index is 361. The fourth-order valence-corrected chi connectivity index (χ4v) is 2.54. The van der Waals surface area contributed by atoms with E-state index in [9.17, 15) is 0 Å². The minimum absolute atomic E-state index is 0.336. The van der Waals surface area contributed by atoms with Gasteiger partial charge in [-0.15, -0.1) is 0 Å². The van der Waals surface area contributed by atoms with Crippen molar-refractivity contribution in [2.45, 2.75) is 45.1 Å². The summed E-state index contributed by atoms with van der Waals surface area (Å²) in [6.07, 6.45) is 8.34. The van der Waals surface area contributed by atoms with Gasteiger partial charge in [0.2, 0.25) is 5.28 Å². The number of halogens is 1. The zero-order valence-electron chi connectivity index (χ0n) is 9.91. The molecular weight excluding hydrogens is 222 g/mol. The Morgan fingerprint density at radius 1 is 1.31 bits per heavy atom. The minimum atomic E-state index is 0.336. The maximum Gasteiger partial charge on any atom is 0.224 e. The first kappa shape index (κ1) is 11.6. The quantitative estimate of drug-likeness (QED) is 0.743. The van der Waals surface area contributed by atoms with Crippen LogP contribution >= 0.6 is 11.6 Å². The lowest BCUT2D eigenvalue weighted by atomic mass is 9.94. The van der Waals surface area contributed by atoms with E-state index in [4.69, 9.17) is 11.6 Å². The molecule has 0 radical (unpaired) electrons. The molecule has 3 nitrogen and oxygen atoms in total. The van der Waals surface area contributed by atoms with Crippen LogP contribution in [0.2, 0.25) is 5.28 Å². The highest BCUT2D eigenvalue weighted by Crippen LogP contribution is 2.26. The van der Waals surface area contributed by atoms with Crippen LogP contribution in [0.5, 0.6) is 0 Å². The number of anilines is 1. The molecule has 1 saturated carbocycles. The molecular formula is C12H18ClN3. The lowest BCUT2D eigenvalue weighted by Gasteiger charge is -2.32. The normalized spacial score (nSPS) is 17.4. The van der Waals surface area contributed by atoms with E-state index in [1.807, 2.05) is 6.92 Å². The summed E-state index contributed by atoms with van der Waals surface area (Å²) < 4.78 is 0. The van der Waals surface area contributed by atoms with Gasteiger partial charge in [0, 0.05) is 24.8 Å². The molecule has 1 aliphatic rings. The molecule has 1 aromatic rings. The second-order valence-corrected chi connectivity index (χ2v) is 4.89. The number of aromatic nitrogens is 2. The van der Waals surface area contributed by atoms with E-state index in [1.54, 1.807) is 6.20 Å². The third kappa shape index (κ3) is 2.46. The van der Waals surface area contributed by atoms with Crippen molar-refractivity contribution in [2.75, 3.05) is 11.9 Å². The molecule has 1 heterocycles. The number of aryl methyl sites for hydroxylation is 1. The molecule has 0 N–H and O–H groups in total. The monoisotopic (exact) mass is 239 g/mol. The Hall–Kier alpha value is -0.830. The number of nitrogens with zero attached hydrogens (tertiary/aromatic N) is 3. The Morgan fingerprint density at radius 3 is 2.69 bits per heavy atom. The molecule has 16 heavy (non-hydrogen) atoms. The molecule has 1 aromatic heterocycles. The van der Waals surface area contributed by atoms with E-state index in [0.717, 1.165) is 11.4 Å². The molecule has 0 amide bonds. The van der Waals surface area contributed by atoms with Crippen molar-refractivity contribution in [3.05, 3.63) is 17.0 Å². The van der Waals surface area contributed by atoms with E-state index in [1.165, 1.54) is 32.1 Å². The van der Waals surface area contributed by atoms with E-state index >= 15 is 0 Å². The van der Waals surface area contributed by atoms with Gasteiger partial charge >= 0.3 is 0 Å². The SMILES string of the molecule is Cc1cnc(Cl)nc1N(C)C1CCCCC1. The van der Waals surface area contributed by atoms with Crippen LogP contribution in [0, 0.1) is 6.92 Å². The first-order valence-corrected chi connectivity index (χ1v) is 6.28. The smallest absolute Gasteiger partial charge is 0.224 e. The van der Waals surface area contributed by atoms with Gasteiger partial charge in [0.15, 0.2) is 0 Å². The molecule has 0 unspecified atom stereocenters. The van der Waals surface area contributed by atoms with Crippen LogP contribution < -0.4 is 4.90 Å². The predicted molar refractivity (Wildman–Crippen MR) is 67.1 cm³/mol. The molecule has 0 bridgehead atoms. The standard InChI is InChI=1S/C12H18ClN3/c1-9-8-14-12(13)15-11(9)16(2)10-6-4-3-5-7-10/h8,10H,3-7H2,1-2H3. The van der Waals surface area contributed by atoms with Gasteiger partial charge in [-0.3, -0.25) is 0 Å². The Balaban J connectivity index is 2.18. The Morgan fingerprint density at radius 2 is 2.00 bits per heavy atom. The van der Waals surface area contributed by atoms with Crippen molar-refractivity contribution in [1.82, 2.24) is 9.97 Å². The van der Waals surface area contributed by atoms with Gasteiger partial charge in [-0.2, -0.15) is 0 Å². The molecule has 4 heteroatoms. The summed E-state index contributed by atoms with van der Waals surface area (Å²) in [4.78, 5) is 10.6. The van der Waals surface area contributed by atoms with Crippen LogP contribution in [0.3, 0.4) is 0 Å². The van der Waals surface area contributed by atoms with Crippen molar-refractivity contribution >= 4 is 17.4 Å². The summed E-state index contributed by atoms with van der Waals surface area (Å²) in [6.45, 7) is 2.03. The van der Waals surface area contributed by atoms with Crippen LogP contribution in [-0.4, -0.2) is 23.1 Å². The van der Waals surface area contributed by atoms with Crippen LogP contribution in [0.15, 0.2) is 6.20 Å². The lowest BCUT2D eigenvalue weighted by molar-refractivity contribution is 0.425. The average Bonchev–Trinajstić information content (AvgIpc) is 2.32. The van der Waals surface area contributed by atoms with Crippen molar-refractivity contribution in [2.24, 2.45) is 0 Å². The average molecular weight is 240 g/mol. The summed E-state index contributed by atoms with van der Waals surface area (Å²) in [5, 5.41) is 0.336. The molecule has 0 aliphatic heterocycles. The Kier molecular flexibility index (Phi) is 3.64. The highest BCUT2D eigenvalue weighted by atomic mass is 35.5. The predicted octanol–water partition coefficient (Wildman–Crippen LogP) is 3.21. The van der Waals surface area contributed by atoms with Gasteiger partial charge < -0.3 is 4.90 Å². The minimum Gasteiger partial charge on any atom is -0.356 e. The number of rotatable bonds is 2. The maximum atomic E-state index is 5.85. The highest BCUT2D eigenvalue weighted by molar-refractivity contribution is 6.28. The molecule has 1 aliphatic carbocycles. The van der Waals surface area contributed by atoms with Gasteiger partial charge in [0.25, 0.3) is 0 Å². The van der Waals surface area contributed by atoms with E-state index < -0.39 is 0 Å². The molecule has 0 saturated heterocycles. The second kappa shape index (κ2) is 5.00. The molecule has 0 spiro atoms. The van der Waals surface area contributed by atoms with Gasteiger partial charge in [-0.25, -0.2) is 9.97 Å². The molecule has 2 rings (SSSR count). The van der Waals surface area contributed by atoms with Gasteiger partial charge in [-0.05, 0) is 31.4 Å². The van der Waals surface area contributed by atoms with E-state index in [2.05, 4.69) is 21.9 Å². The fraction of sp³-hybridized carbons (Fsp3) is 0.667. The lowest BCUT2D eigenvalue weighted by Crippen LogP contribution is -2.34. The molecule has 0 aromatic carbocycles. The van der Waals surface area contributed by atoms with E-state index in [0.29, 0.717) is 11.3 Å². The van der Waals surface area contributed by atoms with Crippen LogP contribution in [0.25, 0.3) is 0 Å². The second-order valence-electron chi connectivity index (χ2n) is 4.55. The van der Waals surface area contributed by atoms with Crippen LogP contribution in [0.4, 0.5) is 5.82 Å². The summed E-state index contributed by atoms with van der Waals surface area (Å²) in [6, 6.07) is 0.610. The molecule has 88 valence electrons. The largest absolute Gasteiger partial charge is 0.356 e. The van der Waals surface area contributed by atoms with Crippen molar-refractivity contribution in [1.29, 1.82) is 0 Å². The third-order valence-corrected chi connectivity index (χ3v) is 3.55. The van der Waals surface area contributed by atoms with Crippen molar-refractivity contribution in [3.8, 4) is 0 Å². The summed E-state index contributed by atoms with van der Waals surface area (Å²) in [5.74, 6) is 0.979. The topological polar surface area (TPSA) is 29.0 Å². The number of hydrogen-bond donors (Lipinski definition) is 0. The van der Waals surface area contributed by atoms with Gasteiger partial charge in [-0.1, -0.05) is 19.3 Å². The van der Waals surface area contributed by atoms with Crippen molar-refractivity contribution < 1.29 is 0 Å². The molecule has 0 atom stereocenters. The van der Waals surface area contributed by atoms with Crippen LogP contribution in [0.1, 0.15) is 37.7 Å². The first-order valence-electron chi connectivity index (χ1n) is 5.90. The van der Waals surface area contributed by atoms with Gasteiger partial charge in [0.05, 0.1) is 0 Å². The van der Waals surface area contributed by atoms with Gasteiger partial charge in [0.1, 0.15) is 5.82 Å². The Labute approximate surface area is 102 Å². The van der Waals surface area contributed by atoms with Crippen LogP contribution in [-0.2, 0) is 0 Å². The maximum absolute atomic E-state index is 5.85. The summed E-state index contributed by atoms with van der Waals surface area (Å²) in [7, 11) is 2.11. The third-order valence-electron chi connectivity index (χ3n) is 3.37. The zero-order chi connectivity index (χ0) is 11.5.